The molecule has 0 aliphatic carbocycles. The lowest BCUT2D eigenvalue weighted by atomic mass is 10.1. The van der Waals surface area contributed by atoms with Gasteiger partial charge in [-0.25, -0.2) is 0 Å². The smallest absolute Gasteiger partial charge is 0.257 e. The first kappa shape index (κ1) is 13.5. The van der Waals surface area contributed by atoms with Crippen molar-refractivity contribution in [1.82, 2.24) is 4.98 Å². The van der Waals surface area contributed by atoms with Gasteiger partial charge in [-0.3, -0.25) is 4.79 Å². The third-order valence-corrected chi connectivity index (χ3v) is 3.73. The normalized spacial score (nSPS) is 10.8. The Balaban J connectivity index is 2.00. The lowest BCUT2D eigenvalue weighted by molar-refractivity contribution is 0.102. The Morgan fingerprint density at radius 3 is 2.86 bits per heavy atom. The van der Waals surface area contributed by atoms with Crippen molar-refractivity contribution in [2.45, 2.75) is 6.92 Å². The first-order chi connectivity index (χ1) is 10.1. The van der Waals surface area contributed by atoms with Gasteiger partial charge >= 0.3 is 0 Å². The molecule has 0 saturated carbocycles. The summed E-state index contributed by atoms with van der Waals surface area (Å²) in [6, 6.07) is 10.9. The van der Waals surface area contributed by atoms with Gasteiger partial charge in [0.1, 0.15) is 0 Å². The van der Waals surface area contributed by atoms with Crippen LogP contribution < -0.4 is 11.1 Å². The number of fused-ring (bicyclic) bond motifs is 1. The van der Waals surface area contributed by atoms with Gasteiger partial charge in [0.2, 0.25) is 0 Å². The summed E-state index contributed by atoms with van der Waals surface area (Å²) in [6.45, 7) is 1.90. The summed E-state index contributed by atoms with van der Waals surface area (Å²) < 4.78 is 0. The Bertz CT molecular complexity index is 818. The van der Waals surface area contributed by atoms with Crippen LogP contribution in [-0.4, -0.2) is 10.9 Å². The molecule has 4 nitrogen and oxygen atoms in total. The zero-order chi connectivity index (χ0) is 15.0. The molecule has 0 atom stereocenters. The lowest BCUT2D eigenvalue weighted by Gasteiger charge is -2.09. The molecule has 0 saturated heterocycles. The Morgan fingerprint density at radius 1 is 1.29 bits per heavy atom. The van der Waals surface area contributed by atoms with Gasteiger partial charge in [0, 0.05) is 22.8 Å². The quantitative estimate of drug-likeness (QED) is 0.627. The number of carbonyl (C=O) groups is 1. The number of anilines is 2. The lowest BCUT2D eigenvalue weighted by Crippen LogP contribution is -2.12. The minimum absolute atomic E-state index is 0.219. The van der Waals surface area contributed by atoms with Crippen LogP contribution in [0.25, 0.3) is 10.9 Å². The van der Waals surface area contributed by atoms with Crippen LogP contribution in [0.1, 0.15) is 15.9 Å². The molecule has 2 aromatic carbocycles. The molecular formula is C16H14ClN3O. The predicted molar refractivity (Wildman–Crippen MR) is 86.9 cm³/mol. The topological polar surface area (TPSA) is 70.9 Å². The third-order valence-electron chi connectivity index (χ3n) is 3.41. The molecule has 0 aliphatic rings. The van der Waals surface area contributed by atoms with Gasteiger partial charge in [-0.15, -0.1) is 0 Å². The third kappa shape index (κ3) is 2.45. The zero-order valence-corrected chi connectivity index (χ0v) is 12.2. The maximum absolute atomic E-state index is 12.5. The molecule has 21 heavy (non-hydrogen) atoms. The van der Waals surface area contributed by atoms with Gasteiger partial charge < -0.3 is 16.0 Å². The van der Waals surface area contributed by atoms with Crippen molar-refractivity contribution < 1.29 is 4.79 Å². The molecule has 3 rings (SSSR count). The molecule has 0 radical (unpaired) electrons. The minimum Gasteiger partial charge on any atom is -0.399 e. The fourth-order valence-corrected chi connectivity index (χ4v) is 2.57. The van der Waals surface area contributed by atoms with Gasteiger partial charge in [-0.1, -0.05) is 23.7 Å². The average Bonchev–Trinajstić information content (AvgIpc) is 2.86. The summed E-state index contributed by atoms with van der Waals surface area (Å²) >= 11 is 6.14. The average molecular weight is 300 g/mol. The molecule has 4 N–H and O–H groups in total. The summed E-state index contributed by atoms with van der Waals surface area (Å²) in [5, 5.41) is 4.17. The van der Waals surface area contributed by atoms with E-state index in [1.165, 1.54) is 0 Å². The van der Waals surface area contributed by atoms with Crippen LogP contribution in [0.3, 0.4) is 0 Å². The van der Waals surface area contributed by atoms with Gasteiger partial charge in [-0.05, 0) is 36.8 Å². The number of nitrogens with two attached hydrogens (primary N) is 1. The molecule has 3 aromatic rings. The number of H-pyrrole nitrogens is 1. The van der Waals surface area contributed by atoms with E-state index in [-0.39, 0.29) is 5.91 Å². The van der Waals surface area contributed by atoms with E-state index in [0.29, 0.717) is 22.0 Å². The number of nitrogen functional groups attached to an aromatic ring is 1. The van der Waals surface area contributed by atoms with Crippen molar-refractivity contribution in [3.8, 4) is 0 Å². The molecule has 1 aromatic heterocycles. The number of nitrogens with one attached hydrogen (secondary N) is 2. The van der Waals surface area contributed by atoms with Gasteiger partial charge in [-0.2, -0.15) is 0 Å². The van der Waals surface area contributed by atoms with Gasteiger partial charge in [0.15, 0.2) is 0 Å². The molecular weight excluding hydrogens is 286 g/mol. The van der Waals surface area contributed by atoms with E-state index < -0.39 is 0 Å². The monoisotopic (exact) mass is 299 g/mol. The number of aryl methyl sites for hydroxylation is 1. The Kier molecular flexibility index (Phi) is 3.31. The van der Waals surface area contributed by atoms with Crippen molar-refractivity contribution in [2.24, 2.45) is 0 Å². The van der Waals surface area contributed by atoms with Crippen molar-refractivity contribution in [1.29, 1.82) is 0 Å². The molecule has 0 fully saturated rings. The number of para-hydroxylation sites is 1. The first-order valence-electron chi connectivity index (χ1n) is 6.49. The van der Waals surface area contributed by atoms with Crippen LogP contribution in [0.5, 0.6) is 0 Å². The number of carbonyl (C=O) groups excluding carboxylic acids is 1. The second kappa shape index (κ2) is 5.14. The van der Waals surface area contributed by atoms with E-state index in [4.69, 9.17) is 17.3 Å². The number of rotatable bonds is 2. The van der Waals surface area contributed by atoms with Crippen molar-refractivity contribution in [2.75, 3.05) is 11.1 Å². The van der Waals surface area contributed by atoms with Gasteiger partial charge in [0.05, 0.1) is 16.3 Å². The molecule has 0 spiro atoms. The van der Waals surface area contributed by atoms with Crippen LogP contribution in [-0.2, 0) is 0 Å². The van der Waals surface area contributed by atoms with E-state index in [2.05, 4.69) is 10.3 Å². The Labute approximate surface area is 126 Å². The predicted octanol–water partition coefficient (Wildman–Crippen LogP) is 3.96. The highest BCUT2D eigenvalue weighted by atomic mass is 35.5. The number of halogens is 1. The number of benzene rings is 2. The van der Waals surface area contributed by atoms with Crippen molar-refractivity contribution >= 4 is 39.8 Å². The second-order valence-electron chi connectivity index (χ2n) is 4.89. The largest absolute Gasteiger partial charge is 0.399 e. The Morgan fingerprint density at radius 2 is 2.10 bits per heavy atom. The van der Waals surface area contributed by atoms with Crippen LogP contribution in [0.4, 0.5) is 11.4 Å². The first-order valence-corrected chi connectivity index (χ1v) is 6.87. The molecule has 1 amide bonds. The molecule has 0 bridgehead atoms. The van der Waals surface area contributed by atoms with Crippen LogP contribution in [0, 0.1) is 6.92 Å². The molecule has 106 valence electrons. The highest BCUT2D eigenvalue weighted by Crippen LogP contribution is 2.27. The SMILES string of the molecule is Cc1cccc(Cl)c1NC(=O)c1c[nH]c2ccc(N)cc12. The Hall–Kier alpha value is -2.46. The highest BCUT2D eigenvalue weighted by molar-refractivity contribution is 6.34. The molecule has 0 unspecified atom stereocenters. The van der Waals surface area contributed by atoms with Crippen LogP contribution >= 0.6 is 11.6 Å². The number of amides is 1. The van der Waals surface area contributed by atoms with E-state index in [0.717, 1.165) is 16.5 Å². The number of hydrogen-bond acceptors (Lipinski definition) is 2. The van der Waals surface area contributed by atoms with E-state index in [9.17, 15) is 4.79 Å². The summed E-state index contributed by atoms with van der Waals surface area (Å²) in [5.74, 6) is -0.219. The summed E-state index contributed by atoms with van der Waals surface area (Å²) in [6.07, 6.45) is 1.67. The van der Waals surface area contributed by atoms with Crippen molar-refractivity contribution in [3.05, 3.63) is 58.7 Å². The number of aromatic nitrogens is 1. The number of aromatic amines is 1. The van der Waals surface area contributed by atoms with E-state index >= 15 is 0 Å². The minimum atomic E-state index is -0.219. The molecule has 0 aliphatic heterocycles. The summed E-state index contributed by atoms with van der Waals surface area (Å²) in [7, 11) is 0. The van der Waals surface area contributed by atoms with E-state index in [1.807, 2.05) is 25.1 Å². The van der Waals surface area contributed by atoms with Crippen molar-refractivity contribution in [3.63, 3.8) is 0 Å². The second-order valence-corrected chi connectivity index (χ2v) is 5.30. The molecule has 5 heteroatoms. The highest BCUT2D eigenvalue weighted by Gasteiger charge is 2.14. The number of hydrogen-bond donors (Lipinski definition) is 3. The van der Waals surface area contributed by atoms with Crippen LogP contribution in [0.2, 0.25) is 5.02 Å². The summed E-state index contributed by atoms with van der Waals surface area (Å²) in [5.41, 5.74) is 9.35. The zero-order valence-electron chi connectivity index (χ0n) is 11.4. The van der Waals surface area contributed by atoms with E-state index in [1.54, 1.807) is 24.4 Å². The molecule has 1 heterocycles. The maximum atomic E-state index is 12.5. The summed E-state index contributed by atoms with van der Waals surface area (Å²) in [4.78, 5) is 15.5. The fraction of sp³-hybridized carbons (Fsp3) is 0.0625. The van der Waals surface area contributed by atoms with Gasteiger partial charge in [0.25, 0.3) is 5.91 Å². The standard InChI is InChI=1S/C16H14ClN3O/c1-9-3-2-4-13(17)15(9)20-16(21)12-8-19-14-6-5-10(18)7-11(12)14/h2-8,19H,18H2,1H3,(H,20,21). The fourth-order valence-electron chi connectivity index (χ4n) is 2.30. The van der Waals surface area contributed by atoms with Crippen LogP contribution in [0.15, 0.2) is 42.6 Å². The maximum Gasteiger partial charge on any atom is 0.257 e.